The molecule has 4 rings (SSSR count). The fourth-order valence-corrected chi connectivity index (χ4v) is 4.30. The highest BCUT2D eigenvalue weighted by molar-refractivity contribution is 7.99. The van der Waals surface area contributed by atoms with Gasteiger partial charge in [-0.05, 0) is 37.2 Å². The number of rotatable bonds is 3. The van der Waals surface area contributed by atoms with E-state index < -0.39 is 0 Å². The maximum absolute atomic E-state index is 4.49. The van der Waals surface area contributed by atoms with E-state index in [1.165, 1.54) is 22.9 Å². The van der Waals surface area contributed by atoms with Crippen molar-refractivity contribution in [3.05, 3.63) is 59.5 Å². The zero-order valence-corrected chi connectivity index (χ0v) is 14.9. The van der Waals surface area contributed by atoms with Crippen LogP contribution in [0.25, 0.3) is 21.3 Å². The standard InChI is InChI=1S/C18H14N4S2/c1-11-3-5-13(6-4-11)14-9-23-16-15(14)17(21-10-20-16)24-18-19-8-7-12(2)22-18/h3-10H,1-2H3. The van der Waals surface area contributed by atoms with Gasteiger partial charge < -0.3 is 0 Å². The third-order valence-electron chi connectivity index (χ3n) is 3.66. The van der Waals surface area contributed by atoms with Crippen LogP contribution in [0.5, 0.6) is 0 Å². The molecule has 1 aromatic carbocycles. The summed E-state index contributed by atoms with van der Waals surface area (Å²) in [5.74, 6) is 0. The molecule has 0 bridgehead atoms. The Labute approximate surface area is 148 Å². The second-order valence-corrected chi connectivity index (χ2v) is 7.27. The zero-order chi connectivity index (χ0) is 16.5. The fraction of sp³-hybridized carbons (Fsp3) is 0.111. The summed E-state index contributed by atoms with van der Waals surface area (Å²) in [5.41, 5.74) is 4.53. The number of nitrogens with zero attached hydrogens (tertiary/aromatic N) is 4. The predicted molar refractivity (Wildman–Crippen MR) is 98.5 cm³/mol. The van der Waals surface area contributed by atoms with Gasteiger partial charge >= 0.3 is 0 Å². The highest BCUT2D eigenvalue weighted by atomic mass is 32.2. The van der Waals surface area contributed by atoms with Crippen LogP contribution in [0.15, 0.2) is 58.4 Å². The molecule has 0 saturated heterocycles. The minimum atomic E-state index is 0.705. The summed E-state index contributed by atoms with van der Waals surface area (Å²) in [6.07, 6.45) is 3.38. The van der Waals surface area contributed by atoms with E-state index in [0.29, 0.717) is 5.16 Å². The van der Waals surface area contributed by atoms with Crippen LogP contribution in [-0.2, 0) is 0 Å². The second-order valence-electron chi connectivity index (χ2n) is 5.46. The highest BCUT2D eigenvalue weighted by Gasteiger charge is 2.15. The van der Waals surface area contributed by atoms with Crippen LogP contribution in [0.4, 0.5) is 0 Å². The Bertz CT molecular complexity index is 1010. The van der Waals surface area contributed by atoms with Crippen molar-refractivity contribution in [3.63, 3.8) is 0 Å². The highest BCUT2D eigenvalue weighted by Crippen LogP contribution is 2.39. The van der Waals surface area contributed by atoms with Crippen LogP contribution >= 0.6 is 23.1 Å². The van der Waals surface area contributed by atoms with Crippen molar-refractivity contribution >= 4 is 33.3 Å². The van der Waals surface area contributed by atoms with Gasteiger partial charge in [-0.1, -0.05) is 29.8 Å². The molecule has 3 heterocycles. The Balaban J connectivity index is 1.84. The molecule has 118 valence electrons. The summed E-state index contributed by atoms with van der Waals surface area (Å²) in [5, 5.41) is 4.81. The topological polar surface area (TPSA) is 51.6 Å². The lowest BCUT2D eigenvalue weighted by molar-refractivity contribution is 0.928. The van der Waals surface area contributed by atoms with Crippen molar-refractivity contribution in [1.29, 1.82) is 0 Å². The molecular weight excluding hydrogens is 336 g/mol. The van der Waals surface area contributed by atoms with E-state index in [-0.39, 0.29) is 0 Å². The first-order chi connectivity index (χ1) is 11.7. The van der Waals surface area contributed by atoms with Gasteiger partial charge in [0.1, 0.15) is 16.2 Å². The molecule has 0 N–H and O–H groups in total. The lowest BCUT2D eigenvalue weighted by Crippen LogP contribution is -1.91. The first-order valence-electron chi connectivity index (χ1n) is 7.47. The maximum atomic E-state index is 4.49. The quantitative estimate of drug-likeness (QED) is 0.388. The maximum Gasteiger partial charge on any atom is 0.194 e. The molecule has 0 aliphatic carbocycles. The summed E-state index contributed by atoms with van der Waals surface area (Å²) in [6, 6.07) is 10.4. The Hall–Kier alpha value is -2.31. The first kappa shape index (κ1) is 15.2. The molecule has 0 aliphatic heterocycles. The molecule has 0 atom stereocenters. The van der Waals surface area contributed by atoms with Gasteiger partial charge in [0, 0.05) is 22.8 Å². The van der Waals surface area contributed by atoms with Gasteiger partial charge in [-0.3, -0.25) is 0 Å². The summed E-state index contributed by atoms with van der Waals surface area (Å²) in [6.45, 7) is 4.05. The molecule has 4 aromatic rings. The average Bonchev–Trinajstić information content (AvgIpc) is 3.01. The third kappa shape index (κ3) is 2.90. The monoisotopic (exact) mass is 350 g/mol. The lowest BCUT2D eigenvalue weighted by Gasteiger charge is -2.05. The van der Waals surface area contributed by atoms with Crippen molar-refractivity contribution in [2.45, 2.75) is 24.0 Å². The van der Waals surface area contributed by atoms with E-state index in [9.17, 15) is 0 Å². The molecule has 24 heavy (non-hydrogen) atoms. The molecule has 4 nitrogen and oxygen atoms in total. The van der Waals surface area contributed by atoms with Crippen LogP contribution in [0.1, 0.15) is 11.3 Å². The summed E-state index contributed by atoms with van der Waals surface area (Å²) >= 11 is 3.12. The Morgan fingerprint density at radius 3 is 2.58 bits per heavy atom. The number of aromatic nitrogens is 4. The van der Waals surface area contributed by atoms with Gasteiger partial charge in [0.2, 0.25) is 0 Å². The number of fused-ring (bicyclic) bond motifs is 1. The number of hydrogen-bond donors (Lipinski definition) is 0. The van der Waals surface area contributed by atoms with E-state index in [1.807, 2.05) is 13.0 Å². The molecule has 0 amide bonds. The van der Waals surface area contributed by atoms with Gasteiger partial charge in [-0.2, -0.15) is 0 Å². The van der Waals surface area contributed by atoms with Crippen molar-refractivity contribution < 1.29 is 0 Å². The van der Waals surface area contributed by atoms with Crippen molar-refractivity contribution in [1.82, 2.24) is 19.9 Å². The number of hydrogen-bond acceptors (Lipinski definition) is 6. The molecule has 0 radical (unpaired) electrons. The molecule has 0 saturated carbocycles. The molecular formula is C18H14N4S2. The van der Waals surface area contributed by atoms with Crippen LogP contribution in [-0.4, -0.2) is 19.9 Å². The van der Waals surface area contributed by atoms with E-state index in [1.54, 1.807) is 23.9 Å². The molecule has 6 heteroatoms. The number of benzene rings is 1. The molecule has 3 aromatic heterocycles. The SMILES string of the molecule is Cc1ccc(-c2csc3ncnc(Sc4nccc(C)n4)c23)cc1. The minimum Gasteiger partial charge on any atom is -0.231 e. The third-order valence-corrected chi connectivity index (χ3v) is 5.43. The van der Waals surface area contributed by atoms with E-state index in [4.69, 9.17) is 0 Å². The fourth-order valence-electron chi connectivity index (χ4n) is 2.43. The normalized spacial score (nSPS) is 11.1. The zero-order valence-electron chi connectivity index (χ0n) is 13.2. The van der Waals surface area contributed by atoms with Crippen LogP contribution in [0, 0.1) is 13.8 Å². The van der Waals surface area contributed by atoms with Crippen molar-refractivity contribution in [2.24, 2.45) is 0 Å². The second kappa shape index (κ2) is 6.30. The van der Waals surface area contributed by atoms with Gasteiger partial charge in [-0.15, -0.1) is 11.3 Å². The van der Waals surface area contributed by atoms with Gasteiger partial charge in [-0.25, -0.2) is 19.9 Å². The summed E-state index contributed by atoms with van der Waals surface area (Å²) < 4.78 is 0. The van der Waals surface area contributed by atoms with Crippen LogP contribution in [0.2, 0.25) is 0 Å². The largest absolute Gasteiger partial charge is 0.231 e. The van der Waals surface area contributed by atoms with Gasteiger partial charge in [0.15, 0.2) is 5.16 Å². The smallest absolute Gasteiger partial charge is 0.194 e. The van der Waals surface area contributed by atoms with Crippen molar-refractivity contribution in [2.75, 3.05) is 0 Å². The lowest BCUT2D eigenvalue weighted by atomic mass is 10.1. The molecule has 0 spiro atoms. The Morgan fingerprint density at radius 2 is 1.79 bits per heavy atom. The van der Waals surface area contributed by atoms with Crippen LogP contribution in [0.3, 0.4) is 0 Å². The summed E-state index contributed by atoms with van der Waals surface area (Å²) in [7, 11) is 0. The molecule has 0 fully saturated rings. The first-order valence-corrected chi connectivity index (χ1v) is 9.17. The number of thiophene rings is 1. The Morgan fingerprint density at radius 1 is 0.958 bits per heavy atom. The van der Waals surface area contributed by atoms with E-state index in [0.717, 1.165) is 26.5 Å². The van der Waals surface area contributed by atoms with Gasteiger partial charge in [0.05, 0.1) is 5.39 Å². The minimum absolute atomic E-state index is 0.705. The molecule has 0 unspecified atom stereocenters. The van der Waals surface area contributed by atoms with E-state index in [2.05, 4.69) is 56.5 Å². The van der Waals surface area contributed by atoms with Crippen LogP contribution < -0.4 is 0 Å². The summed E-state index contributed by atoms with van der Waals surface area (Å²) in [4.78, 5) is 18.7. The van der Waals surface area contributed by atoms with Crippen molar-refractivity contribution in [3.8, 4) is 11.1 Å². The Kier molecular flexibility index (Phi) is 4.00. The molecule has 0 aliphatic rings. The van der Waals surface area contributed by atoms with E-state index >= 15 is 0 Å². The predicted octanol–water partition coefficient (Wildman–Crippen LogP) is 4.92. The average molecular weight is 350 g/mol. The van der Waals surface area contributed by atoms with Gasteiger partial charge in [0.25, 0.3) is 0 Å². The number of aryl methyl sites for hydroxylation is 2.